The van der Waals surface area contributed by atoms with E-state index in [-0.39, 0.29) is 11.0 Å². The van der Waals surface area contributed by atoms with E-state index in [0.29, 0.717) is 0 Å². The van der Waals surface area contributed by atoms with E-state index in [1.165, 1.54) is 11.8 Å². The third kappa shape index (κ3) is 3.42. The van der Waals surface area contributed by atoms with Crippen LogP contribution in [0.3, 0.4) is 0 Å². The molecule has 5 heteroatoms. The highest BCUT2D eigenvalue weighted by atomic mass is 35.5. The number of aryl methyl sites for hydroxylation is 1. The molecule has 2 unspecified atom stereocenters. The van der Waals surface area contributed by atoms with Crippen LogP contribution in [0.25, 0.3) is 0 Å². The number of benzene rings is 2. The maximum absolute atomic E-state index is 12.6. The Kier molecular flexibility index (Phi) is 4.99. The molecular formula is C24H19ClO2S2. The van der Waals surface area contributed by atoms with Crippen molar-refractivity contribution in [1.82, 2.24) is 0 Å². The largest absolute Gasteiger partial charge is 0.387 e. The lowest BCUT2D eigenvalue weighted by molar-refractivity contribution is 0.104. The van der Waals surface area contributed by atoms with Gasteiger partial charge in [-0.2, -0.15) is 0 Å². The Morgan fingerprint density at radius 2 is 1.97 bits per heavy atom. The summed E-state index contributed by atoms with van der Waals surface area (Å²) in [6.45, 7) is 2.04. The van der Waals surface area contributed by atoms with Gasteiger partial charge >= 0.3 is 0 Å². The van der Waals surface area contributed by atoms with Gasteiger partial charge in [0.2, 0.25) is 5.78 Å². The molecule has 2 atom stereocenters. The van der Waals surface area contributed by atoms with Crippen LogP contribution >= 0.6 is 35.1 Å². The van der Waals surface area contributed by atoms with Crippen molar-refractivity contribution < 1.29 is 9.90 Å². The monoisotopic (exact) mass is 438 g/mol. The van der Waals surface area contributed by atoms with Crippen LogP contribution in [0.1, 0.15) is 40.4 Å². The minimum Gasteiger partial charge on any atom is -0.387 e. The first-order chi connectivity index (χ1) is 14.0. The fourth-order valence-corrected chi connectivity index (χ4v) is 6.63. The molecule has 0 saturated carbocycles. The molecule has 1 aliphatic carbocycles. The zero-order valence-electron chi connectivity index (χ0n) is 15.8. The molecule has 0 aromatic heterocycles. The number of aliphatic hydroxyl groups excluding tert-OH is 1. The number of hydrogen-bond acceptors (Lipinski definition) is 4. The number of Topliss-reactive ketones (excluding diaryl/α,β-unsaturated/α-hetero) is 1. The summed E-state index contributed by atoms with van der Waals surface area (Å²) >= 11 is 9.90. The van der Waals surface area contributed by atoms with Gasteiger partial charge in [-0.15, -0.1) is 11.8 Å². The summed E-state index contributed by atoms with van der Waals surface area (Å²) in [6, 6.07) is 13.9. The van der Waals surface area contributed by atoms with Gasteiger partial charge < -0.3 is 5.11 Å². The lowest BCUT2D eigenvalue weighted by Gasteiger charge is -2.11. The molecule has 0 amide bonds. The summed E-state index contributed by atoms with van der Waals surface area (Å²) in [5.74, 6) is 0.0765. The van der Waals surface area contributed by atoms with Gasteiger partial charge in [0.05, 0.1) is 16.3 Å². The average molecular weight is 439 g/mol. The van der Waals surface area contributed by atoms with Crippen molar-refractivity contribution in [1.29, 1.82) is 0 Å². The Morgan fingerprint density at radius 3 is 2.79 bits per heavy atom. The minimum atomic E-state index is -0.518. The molecule has 2 aromatic rings. The SMILES string of the molecule is Cc1ccc2c(c1)C(O)C(/C=C1\CCC(/C=C3\Sc4ccccc4C3=O)=C1Cl)S2. The summed E-state index contributed by atoms with van der Waals surface area (Å²) in [7, 11) is 0. The second-order valence-corrected chi connectivity index (χ2v) is 10.2. The molecule has 0 fully saturated rings. The van der Waals surface area contributed by atoms with E-state index >= 15 is 0 Å². The quantitative estimate of drug-likeness (QED) is 0.536. The lowest BCUT2D eigenvalue weighted by Crippen LogP contribution is -2.07. The van der Waals surface area contributed by atoms with E-state index in [4.69, 9.17) is 11.6 Å². The van der Waals surface area contributed by atoms with Crippen molar-refractivity contribution in [2.45, 2.75) is 40.9 Å². The van der Waals surface area contributed by atoms with Crippen LogP contribution in [-0.2, 0) is 0 Å². The molecule has 0 saturated heterocycles. The number of hydrogen-bond donors (Lipinski definition) is 1. The summed E-state index contributed by atoms with van der Waals surface area (Å²) in [5, 5.41) is 11.4. The van der Waals surface area contributed by atoms with Crippen molar-refractivity contribution in [2.24, 2.45) is 0 Å². The van der Waals surface area contributed by atoms with Gasteiger partial charge in [0.1, 0.15) is 0 Å². The zero-order valence-corrected chi connectivity index (χ0v) is 18.2. The molecule has 5 rings (SSSR count). The van der Waals surface area contributed by atoms with Gasteiger partial charge in [-0.05, 0) is 60.8 Å². The number of rotatable bonds is 2. The molecular weight excluding hydrogens is 420 g/mol. The topological polar surface area (TPSA) is 37.3 Å². The van der Waals surface area contributed by atoms with Gasteiger partial charge in [-0.25, -0.2) is 0 Å². The van der Waals surface area contributed by atoms with Crippen LogP contribution in [-0.4, -0.2) is 16.1 Å². The number of carbonyl (C=O) groups excluding carboxylic acids is 1. The van der Waals surface area contributed by atoms with Crippen LogP contribution in [0, 0.1) is 6.92 Å². The van der Waals surface area contributed by atoms with Crippen LogP contribution in [0.5, 0.6) is 0 Å². The van der Waals surface area contributed by atoms with Crippen molar-refractivity contribution in [3.8, 4) is 0 Å². The molecule has 0 bridgehead atoms. The lowest BCUT2D eigenvalue weighted by atomic mass is 10.0. The Bertz CT molecular complexity index is 1130. The number of ketones is 1. The molecule has 1 N–H and O–H groups in total. The maximum atomic E-state index is 12.6. The van der Waals surface area contributed by atoms with Crippen LogP contribution in [0.15, 0.2) is 85.5 Å². The predicted octanol–water partition coefficient (Wildman–Crippen LogP) is 6.59. The molecule has 146 valence electrons. The maximum Gasteiger partial charge on any atom is 0.200 e. The number of halogens is 1. The Labute approximate surface area is 183 Å². The van der Waals surface area contributed by atoms with Crippen LogP contribution in [0.4, 0.5) is 0 Å². The molecule has 2 nitrogen and oxygen atoms in total. The minimum absolute atomic E-state index is 0.0331. The molecule has 2 aromatic carbocycles. The van der Waals surface area contributed by atoms with E-state index < -0.39 is 6.10 Å². The van der Waals surface area contributed by atoms with Crippen molar-refractivity contribution >= 4 is 40.9 Å². The second-order valence-electron chi connectivity index (χ2n) is 7.54. The molecule has 2 heterocycles. The van der Waals surface area contributed by atoms with E-state index in [0.717, 1.165) is 60.4 Å². The number of aliphatic hydroxyl groups is 1. The van der Waals surface area contributed by atoms with Gasteiger partial charge in [0.25, 0.3) is 0 Å². The van der Waals surface area contributed by atoms with Gasteiger partial charge in [0, 0.05) is 20.4 Å². The fraction of sp³-hybridized carbons (Fsp3) is 0.208. The highest BCUT2D eigenvalue weighted by Gasteiger charge is 2.32. The van der Waals surface area contributed by atoms with Gasteiger partial charge in [0.15, 0.2) is 0 Å². The smallest absolute Gasteiger partial charge is 0.200 e. The third-order valence-corrected chi connectivity index (χ3v) is 8.41. The molecule has 0 radical (unpaired) electrons. The van der Waals surface area contributed by atoms with Gasteiger partial charge in [-0.1, -0.05) is 59.3 Å². The molecule has 0 spiro atoms. The summed E-state index contributed by atoms with van der Waals surface area (Å²) < 4.78 is 0. The van der Waals surface area contributed by atoms with E-state index in [1.54, 1.807) is 11.8 Å². The van der Waals surface area contributed by atoms with Crippen molar-refractivity contribution in [3.63, 3.8) is 0 Å². The van der Waals surface area contributed by atoms with E-state index in [1.807, 2.05) is 37.3 Å². The first kappa shape index (κ1) is 19.3. The third-order valence-electron chi connectivity index (χ3n) is 5.53. The van der Waals surface area contributed by atoms with Crippen LogP contribution < -0.4 is 0 Å². The normalized spacial score (nSPS) is 26.0. The highest BCUT2D eigenvalue weighted by molar-refractivity contribution is 8.04. The zero-order chi connectivity index (χ0) is 20.1. The van der Waals surface area contributed by atoms with Crippen molar-refractivity contribution in [2.75, 3.05) is 0 Å². The first-order valence-electron chi connectivity index (χ1n) is 9.59. The second kappa shape index (κ2) is 7.51. The molecule has 2 aliphatic heterocycles. The standard InChI is InChI=1S/C24H19ClO2S2/c1-13-6-9-19-17(10-13)24(27)21(29-19)12-15-8-7-14(22(15)25)11-20-23(26)16-4-2-3-5-18(16)28-20/h2-6,9-12,21,24,27H,7-8H2,1H3/b15-12+,20-11-. The number of carbonyl (C=O) groups is 1. The molecule has 29 heavy (non-hydrogen) atoms. The Morgan fingerprint density at radius 1 is 1.14 bits per heavy atom. The van der Waals surface area contributed by atoms with Crippen LogP contribution in [0.2, 0.25) is 0 Å². The Hall–Kier alpha value is -1.72. The van der Waals surface area contributed by atoms with E-state index in [9.17, 15) is 9.90 Å². The summed E-state index contributed by atoms with van der Waals surface area (Å²) in [6.07, 6.45) is 5.19. The fourth-order valence-electron chi connectivity index (χ4n) is 4.00. The number of thioether (sulfide) groups is 2. The number of fused-ring (bicyclic) bond motifs is 2. The average Bonchev–Trinajstić information content (AvgIpc) is 3.33. The molecule has 3 aliphatic rings. The summed E-state index contributed by atoms with van der Waals surface area (Å²) in [5.41, 5.74) is 5.00. The Balaban J connectivity index is 1.40. The highest BCUT2D eigenvalue weighted by Crippen LogP contribution is 2.48. The summed E-state index contributed by atoms with van der Waals surface area (Å²) in [4.78, 5) is 15.5. The van der Waals surface area contributed by atoms with E-state index in [2.05, 4.69) is 24.3 Å². The first-order valence-corrected chi connectivity index (χ1v) is 11.7. The predicted molar refractivity (Wildman–Crippen MR) is 121 cm³/mol. The van der Waals surface area contributed by atoms with Gasteiger partial charge in [-0.3, -0.25) is 4.79 Å². The van der Waals surface area contributed by atoms with Crippen molar-refractivity contribution in [3.05, 3.63) is 92.4 Å². The number of allylic oxidation sites excluding steroid dienone is 5.